The van der Waals surface area contributed by atoms with E-state index in [0.29, 0.717) is 24.8 Å². The average Bonchev–Trinajstić information content (AvgIpc) is 2.78. The highest BCUT2D eigenvalue weighted by Crippen LogP contribution is 2.28. The number of hydrogen-bond donors (Lipinski definition) is 2. The maximum atomic E-state index is 12.7. The minimum absolute atomic E-state index is 0. The summed E-state index contributed by atoms with van der Waals surface area (Å²) >= 11 is 0. The van der Waals surface area contributed by atoms with Gasteiger partial charge in [-0.1, -0.05) is 18.2 Å². The van der Waals surface area contributed by atoms with E-state index in [1.165, 1.54) is 0 Å². The second-order valence-corrected chi connectivity index (χ2v) is 7.50. The predicted molar refractivity (Wildman–Crippen MR) is 122 cm³/mol. The topological polar surface area (TPSA) is 74.1 Å². The van der Waals surface area contributed by atoms with Crippen LogP contribution in [-0.4, -0.2) is 25.6 Å². The Labute approximate surface area is 185 Å². The minimum Gasteiger partial charge on any atom is -0.494 e. The van der Waals surface area contributed by atoms with E-state index >= 15 is 0 Å². The molecule has 0 aliphatic heterocycles. The zero-order chi connectivity index (χ0) is 20.6. The fraction of sp³-hybridized carbons (Fsp3) is 0.417. The third kappa shape index (κ3) is 5.98. The van der Waals surface area contributed by atoms with Gasteiger partial charge in [0.05, 0.1) is 18.2 Å². The molecule has 5 nitrogen and oxygen atoms in total. The fourth-order valence-electron chi connectivity index (χ4n) is 3.93. The smallest absolute Gasteiger partial charge is 0.223 e. The van der Waals surface area contributed by atoms with E-state index in [2.05, 4.69) is 16.7 Å². The largest absolute Gasteiger partial charge is 0.494 e. The van der Waals surface area contributed by atoms with E-state index in [9.17, 15) is 4.79 Å². The van der Waals surface area contributed by atoms with Gasteiger partial charge in [-0.3, -0.25) is 4.79 Å². The quantitative estimate of drug-likeness (QED) is 0.685. The third-order valence-corrected chi connectivity index (χ3v) is 5.64. The molecule has 1 amide bonds. The van der Waals surface area contributed by atoms with Crippen LogP contribution in [0, 0.1) is 17.2 Å². The van der Waals surface area contributed by atoms with Crippen LogP contribution >= 0.6 is 12.4 Å². The molecule has 0 bridgehead atoms. The number of hydrogen-bond acceptors (Lipinski definition) is 4. The summed E-state index contributed by atoms with van der Waals surface area (Å²) in [5, 5.41) is 15.6. The number of benzene rings is 2. The molecule has 0 unspecified atom stereocenters. The molecule has 1 aliphatic rings. The number of nitrogens with one attached hydrogen (secondary N) is 2. The molecule has 160 valence electrons. The molecule has 0 atom stereocenters. The van der Waals surface area contributed by atoms with Gasteiger partial charge in [0, 0.05) is 24.1 Å². The van der Waals surface area contributed by atoms with Crippen molar-refractivity contribution in [1.29, 1.82) is 5.26 Å². The lowest BCUT2D eigenvalue weighted by atomic mass is 9.85. The monoisotopic (exact) mass is 427 g/mol. The summed E-state index contributed by atoms with van der Waals surface area (Å²) in [6.45, 7) is 2.96. The van der Waals surface area contributed by atoms with Crippen molar-refractivity contribution >= 4 is 18.3 Å². The first kappa shape index (κ1) is 23.7. The van der Waals surface area contributed by atoms with Gasteiger partial charge in [-0.15, -0.1) is 12.4 Å². The molecule has 2 N–H and O–H groups in total. The second-order valence-electron chi connectivity index (χ2n) is 7.50. The van der Waals surface area contributed by atoms with Gasteiger partial charge >= 0.3 is 0 Å². The van der Waals surface area contributed by atoms with Crippen molar-refractivity contribution in [3.05, 3.63) is 53.6 Å². The van der Waals surface area contributed by atoms with Gasteiger partial charge in [-0.05, 0) is 75.0 Å². The Morgan fingerprint density at radius 2 is 1.87 bits per heavy atom. The van der Waals surface area contributed by atoms with Gasteiger partial charge in [-0.25, -0.2) is 0 Å². The van der Waals surface area contributed by atoms with Crippen molar-refractivity contribution in [2.75, 3.05) is 13.7 Å². The number of halogens is 1. The molecule has 2 aromatic carbocycles. The first-order chi connectivity index (χ1) is 14.1. The van der Waals surface area contributed by atoms with Gasteiger partial charge < -0.3 is 15.4 Å². The SMILES string of the molecule is CCOc1ccc(-c2cccc(C#N)c2)cc1CNC(=O)C1CCC(NC)CC1.Cl. The Morgan fingerprint density at radius 1 is 1.13 bits per heavy atom. The van der Waals surface area contributed by atoms with Crippen molar-refractivity contribution in [3.63, 3.8) is 0 Å². The van der Waals surface area contributed by atoms with Crippen LogP contribution in [0.2, 0.25) is 0 Å². The maximum Gasteiger partial charge on any atom is 0.223 e. The standard InChI is InChI=1S/C24H29N3O2.ClH/c1-3-29-23-12-9-20(19-6-4-5-17(13-19)15-25)14-21(23)16-27-24(28)18-7-10-22(26-2)11-8-18;/h4-6,9,12-14,18,22,26H,3,7-8,10-11,16H2,1-2H3,(H,27,28);1H. The van der Waals surface area contributed by atoms with Crippen LogP contribution in [0.25, 0.3) is 11.1 Å². The number of ether oxygens (including phenoxy) is 1. The fourth-order valence-corrected chi connectivity index (χ4v) is 3.93. The number of amides is 1. The molecule has 2 aromatic rings. The van der Waals surface area contributed by atoms with Crippen LogP contribution in [0.4, 0.5) is 0 Å². The Morgan fingerprint density at radius 3 is 2.53 bits per heavy atom. The second kappa shape index (κ2) is 11.6. The zero-order valence-electron chi connectivity index (χ0n) is 17.6. The maximum absolute atomic E-state index is 12.7. The average molecular weight is 428 g/mol. The molecular formula is C24H30ClN3O2. The van der Waals surface area contributed by atoms with Crippen LogP contribution in [-0.2, 0) is 11.3 Å². The lowest BCUT2D eigenvalue weighted by Gasteiger charge is -2.27. The molecule has 1 fully saturated rings. The predicted octanol–water partition coefficient (Wildman–Crippen LogP) is 4.44. The van der Waals surface area contributed by atoms with Crippen molar-refractivity contribution in [2.24, 2.45) is 5.92 Å². The molecule has 6 heteroatoms. The summed E-state index contributed by atoms with van der Waals surface area (Å²) in [4.78, 5) is 12.7. The Kier molecular flexibility index (Phi) is 9.16. The van der Waals surface area contributed by atoms with Gasteiger partial charge in [0.2, 0.25) is 5.91 Å². The van der Waals surface area contributed by atoms with Gasteiger partial charge in [0.15, 0.2) is 0 Å². The number of nitriles is 1. The molecule has 0 aromatic heterocycles. The Bertz CT molecular complexity index is 886. The number of carbonyl (C=O) groups is 1. The summed E-state index contributed by atoms with van der Waals surface area (Å²) in [5.41, 5.74) is 3.56. The molecule has 0 heterocycles. The van der Waals surface area contributed by atoms with Crippen LogP contribution in [0.1, 0.15) is 43.7 Å². The van der Waals surface area contributed by atoms with Crippen LogP contribution < -0.4 is 15.4 Å². The van der Waals surface area contributed by atoms with Crippen LogP contribution in [0.3, 0.4) is 0 Å². The van der Waals surface area contributed by atoms with Crippen LogP contribution in [0.5, 0.6) is 5.75 Å². The van der Waals surface area contributed by atoms with E-state index in [1.807, 2.05) is 50.4 Å². The molecule has 0 spiro atoms. The zero-order valence-corrected chi connectivity index (χ0v) is 18.4. The van der Waals surface area contributed by atoms with E-state index < -0.39 is 0 Å². The number of rotatable bonds is 7. The lowest BCUT2D eigenvalue weighted by molar-refractivity contribution is -0.126. The van der Waals surface area contributed by atoms with Crippen molar-refractivity contribution < 1.29 is 9.53 Å². The van der Waals surface area contributed by atoms with E-state index in [1.54, 1.807) is 6.07 Å². The molecule has 3 rings (SSSR count). The summed E-state index contributed by atoms with van der Waals surface area (Å²) in [6.07, 6.45) is 3.94. The van der Waals surface area contributed by atoms with Crippen molar-refractivity contribution in [2.45, 2.75) is 45.2 Å². The summed E-state index contributed by atoms with van der Waals surface area (Å²) in [7, 11) is 1.99. The van der Waals surface area contributed by atoms with Gasteiger partial charge in [0.1, 0.15) is 5.75 Å². The molecule has 0 saturated heterocycles. The van der Waals surface area contributed by atoms with Gasteiger partial charge in [0.25, 0.3) is 0 Å². The summed E-state index contributed by atoms with van der Waals surface area (Å²) in [5.74, 6) is 0.997. The van der Waals surface area contributed by atoms with E-state index in [-0.39, 0.29) is 24.2 Å². The number of nitrogens with zero attached hydrogens (tertiary/aromatic N) is 1. The minimum atomic E-state index is 0. The van der Waals surface area contributed by atoms with E-state index in [4.69, 9.17) is 10.00 Å². The first-order valence-corrected chi connectivity index (χ1v) is 10.4. The van der Waals surface area contributed by atoms with E-state index in [0.717, 1.165) is 48.1 Å². The van der Waals surface area contributed by atoms with Crippen molar-refractivity contribution in [1.82, 2.24) is 10.6 Å². The number of carbonyl (C=O) groups excluding carboxylic acids is 1. The van der Waals surface area contributed by atoms with Crippen molar-refractivity contribution in [3.8, 4) is 22.9 Å². The molecule has 1 aliphatic carbocycles. The third-order valence-electron chi connectivity index (χ3n) is 5.64. The lowest BCUT2D eigenvalue weighted by Crippen LogP contribution is -2.37. The van der Waals surface area contributed by atoms with Gasteiger partial charge in [-0.2, -0.15) is 5.26 Å². The Balaban J connectivity index is 0.00000320. The Hall–Kier alpha value is -2.55. The molecular weight excluding hydrogens is 398 g/mol. The highest BCUT2D eigenvalue weighted by Gasteiger charge is 2.25. The molecule has 1 saturated carbocycles. The highest BCUT2D eigenvalue weighted by molar-refractivity contribution is 5.85. The first-order valence-electron chi connectivity index (χ1n) is 10.4. The molecule has 30 heavy (non-hydrogen) atoms. The molecule has 0 radical (unpaired) electrons. The highest BCUT2D eigenvalue weighted by atomic mass is 35.5. The summed E-state index contributed by atoms with van der Waals surface area (Å²) < 4.78 is 5.77. The summed E-state index contributed by atoms with van der Waals surface area (Å²) in [6, 6.07) is 16.2. The normalized spacial score (nSPS) is 18.0. The van der Waals surface area contributed by atoms with Crippen LogP contribution in [0.15, 0.2) is 42.5 Å².